The molecule has 1 N–H and O–H groups in total. The third kappa shape index (κ3) is 2.76. The summed E-state index contributed by atoms with van der Waals surface area (Å²) in [4.78, 5) is 9.58. The van der Waals surface area contributed by atoms with Gasteiger partial charge in [-0.05, 0) is 6.07 Å². The van der Waals surface area contributed by atoms with E-state index >= 15 is 0 Å². The van der Waals surface area contributed by atoms with Gasteiger partial charge >= 0.3 is 5.69 Å². The highest BCUT2D eigenvalue weighted by molar-refractivity contribution is 5.45. The summed E-state index contributed by atoms with van der Waals surface area (Å²) in [5.74, 6) is 3.98. The quantitative estimate of drug-likeness (QED) is 0.455. The Morgan fingerprint density at radius 1 is 1.53 bits per heavy atom. The minimum Gasteiger partial charge on any atom is -0.395 e. The van der Waals surface area contributed by atoms with Gasteiger partial charge in [0.1, 0.15) is 0 Å². The number of hydrogen-bond acceptors (Lipinski definition) is 3. The number of nitro groups is 1. The predicted molar refractivity (Wildman–Crippen MR) is 51.6 cm³/mol. The van der Waals surface area contributed by atoms with Crippen molar-refractivity contribution >= 4 is 5.69 Å². The van der Waals surface area contributed by atoms with Crippen molar-refractivity contribution in [1.82, 2.24) is 0 Å². The van der Waals surface area contributed by atoms with E-state index in [9.17, 15) is 14.5 Å². The molecule has 78 valence electrons. The van der Waals surface area contributed by atoms with E-state index in [1.54, 1.807) is 0 Å². The molecule has 0 atom stereocenters. The molecule has 0 amide bonds. The maximum Gasteiger partial charge on any atom is 0.306 e. The second-order valence-corrected chi connectivity index (χ2v) is 2.67. The molecular weight excluding hydrogens is 201 g/mol. The first-order valence-electron chi connectivity index (χ1n) is 4.19. The normalized spacial score (nSPS) is 9.20. The van der Waals surface area contributed by atoms with Gasteiger partial charge < -0.3 is 5.11 Å². The van der Waals surface area contributed by atoms with Crippen molar-refractivity contribution in [3.8, 4) is 11.8 Å². The summed E-state index contributed by atoms with van der Waals surface area (Å²) in [7, 11) is 0. The van der Waals surface area contributed by atoms with Gasteiger partial charge in [0, 0.05) is 12.5 Å². The van der Waals surface area contributed by atoms with Gasteiger partial charge in [-0.15, -0.1) is 0 Å². The lowest BCUT2D eigenvalue weighted by Crippen LogP contribution is -1.94. The van der Waals surface area contributed by atoms with Crippen LogP contribution in [-0.2, 0) is 0 Å². The summed E-state index contributed by atoms with van der Waals surface area (Å²) in [5, 5.41) is 18.8. The van der Waals surface area contributed by atoms with E-state index in [0.717, 1.165) is 6.07 Å². The summed E-state index contributed by atoms with van der Waals surface area (Å²) < 4.78 is 13.3. The van der Waals surface area contributed by atoms with E-state index in [-0.39, 0.29) is 18.6 Å². The molecule has 1 rings (SSSR count). The fourth-order valence-electron chi connectivity index (χ4n) is 0.971. The van der Waals surface area contributed by atoms with Crippen LogP contribution in [0, 0.1) is 27.8 Å². The summed E-state index contributed by atoms with van der Waals surface area (Å²) in [5.41, 5.74) is -0.622. The zero-order valence-electron chi connectivity index (χ0n) is 7.74. The molecule has 0 aliphatic heterocycles. The van der Waals surface area contributed by atoms with Crippen molar-refractivity contribution in [3.63, 3.8) is 0 Å². The van der Waals surface area contributed by atoms with Crippen LogP contribution in [0.25, 0.3) is 0 Å². The molecule has 1 aromatic carbocycles. The Bertz CT molecular complexity index is 434. The fraction of sp³-hybridized carbons (Fsp3) is 0.200. The predicted octanol–water partition coefficient (Wildman–Crippen LogP) is 1.47. The lowest BCUT2D eigenvalue weighted by atomic mass is 10.2. The maximum atomic E-state index is 13.3. The molecule has 15 heavy (non-hydrogen) atoms. The smallest absolute Gasteiger partial charge is 0.306 e. The van der Waals surface area contributed by atoms with Gasteiger partial charge in [-0.2, -0.15) is 4.39 Å². The van der Waals surface area contributed by atoms with Crippen molar-refractivity contribution < 1.29 is 14.4 Å². The topological polar surface area (TPSA) is 63.4 Å². The van der Waals surface area contributed by atoms with Gasteiger partial charge in [0.2, 0.25) is 5.82 Å². The van der Waals surface area contributed by atoms with E-state index in [2.05, 4.69) is 11.8 Å². The molecule has 0 fully saturated rings. The largest absolute Gasteiger partial charge is 0.395 e. The third-order valence-corrected chi connectivity index (χ3v) is 1.63. The SMILES string of the molecule is O=[N+]([O-])c1cccc(C#CCCO)c1F. The van der Waals surface area contributed by atoms with Crippen LogP contribution < -0.4 is 0 Å². The Hall–Kier alpha value is -1.93. The number of nitrogens with zero attached hydrogens (tertiary/aromatic N) is 1. The first-order valence-corrected chi connectivity index (χ1v) is 4.19. The fourth-order valence-corrected chi connectivity index (χ4v) is 0.971. The zero-order chi connectivity index (χ0) is 11.3. The van der Waals surface area contributed by atoms with Crippen molar-refractivity contribution in [2.75, 3.05) is 6.61 Å². The molecule has 0 unspecified atom stereocenters. The molecule has 0 aliphatic carbocycles. The summed E-state index contributed by atoms with van der Waals surface area (Å²) in [6.45, 7) is -0.121. The average Bonchev–Trinajstić information content (AvgIpc) is 2.20. The Morgan fingerprint density at radius 3 is 2.87 bits per heavy atom. The van der Waals surface area contributed by atoms with Crippen LogP contribution in [0.5, 0.6) is 0 Å². The molecule has 0 radical (unpaired) electrons. The van der Waals surface area contributed by atoms with Crippen LogP contribution in [0.2, 0.25) is 0 Å². The van der Waals surface area contributed by atoms with E-state index in [1.807, 2.05) is 0 Å². The van der Waals surface area contributed by atoms with Gasteiger partial charge in [-0.25, -0.2) is 0 Å². The van der Waals surface area contributed by atoms with Gasteiger partial charge in [-0.1, -0.05) is 17.9 Å². The number of benzene rings is 1. The molecule has 1 aromatic rings. The molecule has 0 bridgehead atoms. The second-order valence-electron chi connectivity index (χ2n) is 2.67. The summed E-state index contributed by atoms with van der Waals surface area (Å²) in [6.07, 6.45) is 0.210. The van der Waals surface area contributed by atoms with Crippen LogP contribution in [0.1, 0.15) is 12.0 Å². The van der Waals surface area contributed by atoms with Crippen LogP contribution in [0.15, 0.2) is 18.2 Å². The minimum absolute atomic E-state index is 0.0300. The van der Waals surface area contributed by atoms with Crippen LogP contribution in [0.4, 0.5) is 10.1 Å². The Balaban J connectivity index is 3.06. The number of aliphatic hydroxyl groups excluding tert-OH is 1. The van der Waals surface area contributed by atoms with E-state index < -0.39 is 16.4 Å². The Labute approximate surface area is 85.5 Å². The third-order valence-electron chi connectivity index (χ3n) is 1.63. The standard InChI is InChI=1S/C10H8FNO3/c11-10-8(4-1-2-7-13)5-3-6-9(10)12(14)15/h3,5-6,13H,2,7H2. The van der Waals surface area contributed by atoms with Gasteiger partial charge in [0.15, 0.2) is 0 Å². The van der Waals surface area contributed by atoms with E-state index in [1.165, 1.54) is 12.1 Å². The zero-order valence-corrected chi connectivity index (χ0v) is 7.74. The van der Waals surface area contributed by atoms with Gasteiger partial charge in [0.05, 0.1) is 17.1 Å². The summed E-state index contributed by atoms with van der Waals surface area (Å²) >= 11 is 0. The minimum atomic E-state index is -0.937. The van der Waals surface area contributed by atoms with Crippen molar-refractivity contribution in [3.05, 3.63) is 39.7 Å². The number of aliphatic hydroxyl groups is 1. The lowest BCUT2D eigenvalue weighted by Gasteiger charge is -1.95. The molecule has 5 heteroatoms. The number of halogens is 1. The molecule has 0 aliphatic rings. The number of nitro benzene ring substituents is 1. The van der Waals surface area contributed by atoms with Crippen LogP contribution >= 0.6 is 0 Å². The average molecular weight is 209 g/mol. The first kappa shape index (κ1) is 11.1. The van der Waals surface area contributed by atoms with Crippen molar-refractivity contribution in [2.24, 2.45) is 0 Å². The molecule has 4 nitrogen and oxygen atoms in total. The Kier molecular flexibility index (Phi) is 3.77. The molecule has 0 saturated heterocycles. The highest BCUT2D eigenvalue weighted by atomic mass is 19.1. The monoisotopic (exact) mass is 209 g/mol. The molecule has 0 heterocycles. The molecular formula is C10H8FNO3. The van der Waals surface area contributed by atoms with Gasteiger partial charge in [-0.3, -0.25) is 10.1 Å². The molecule has 0 spiro atoms. The summed E-state index contributed by atoms with van der Waals surface area (Å²) in [6, 6.07) is 3.80. The second kappa shape index (κ2) is 5.08. The van der Waals surface area contributed by atoms with Crippen molar-refractivity contribution in [1.29, 1.82) is 0 Å². The number of hydrogen-bond donors (Lipinski definition) is 1. The van der Waals surface area contributed by atoms with Crippen molar-refractivity contribution in [2.45, 2.75) is 6.42 Å². The van der Waals surface area contributed by atoms with Gasteiger partial charge in [0.25, 0.3) is 0 Å². The van der Waals surface area contributed by atoms with E-state index in [4.69, 9.17) is 5.11 Å². The lowest BCUT2D eigenvalue weighted by molar-refractivity contribution is -0.387. The molecule has 0 aromatic heterocycles. The highest BCUT2D eigenvalue weighted by Crippen LogP contribution is 2.19. The number of rotatable bonds is 2. The van der Waals surface area contributed by atoms with Crippen LogP contribution in [0.3, 0.4) is 0 Å². The first-order chi connectivity index (χ1) is 7.16. The maximum absolute atomic E-state index is 13.3. The Morgan fingerprint density at radius 2 is 2.27 bits per heavy atom. The van der Waals surface area contributed by atoms with Crippen LogP contribution in [-0.4, -0.2) is 16.6 Å². The molecule has 0 saturated carbocycles. The highest BCUT2D eigenvalue weighted by Gasteiger charge is 2.15. The van der Waals surface area contributed by atoms with E-state index in [0.29, 0.717) is 0 Å².